The molecule has 0 saturated carbocycles. The van der Waals surface area contributed by atoms with Crippen LogP contribution in [0.1, 0.15) is 26.3 Å². The van der Waals surface area contributed by atoms with Crippen molar-refractivity contribution >= 4 is 11.7 Å². The van der Waals surface area contributed by atoms with Crippen molar-refractivity contribution < 1.29 is 22.8 Å². The number of benzene rings is 1. The summed E-state index contributed by atoms with van der Waals surface area (Å²) in [6, 6.07) is 6.12. The highest BCUT2D eigenvalue weighted by atomic mass is 19.3. The maximum Gasteiger partial charge on any atom is 0.439 e. The van der Waals surface area contributed by atoms with Crippen LogP contribution in [0.5, 0.6) is 0 Å². The standard InChI is InChI=1S/C18H19F2N3O4/c1-17(2,3)26-16(25)23-9-8-13(18(19,20)10-23)11-4-6-12(7-5-11)14-21-15(24)27-22-14/h4-8H,9-10H2,1-3H3,(H,21,22,24). The molecule has 2 aromatic rings. The summed E-state index contributed by atoms with van der Waals surface area (Å²) < 4.78 is 38.8. The first kappa shape index (κ1) is 18.8. The Balaban J connectivity index is 1.80. The van der Waals surface area contributed by atoms with Crippen LogP contribution in [0, 0.1) is 0 Å². The number of carbonyl (C=O) groups excluding carboxylic acids is 1. The van der Waals surface area contributed by atoms with Gasteiger partial charge in [0.1, 0.15) is 5.60 Å². The fourth-order valence-electron chi connectivity index (χ4n) is 2.70. The smallest absolute Gasteiger partial charge is 0.439 e. The van der Waals surface area contributed by atoms with Crippen LogP contribution in [0.2, 0.25) is 0 Å². The molecule has 1 N–H and O–H groups in total. The van der Waals surface area contributed by atoms with Crippen molar-refractivity contribution in [1.82, 2.24) is 15.0 Å². The van der Waals surface area contributed by atoms with E-state index in [0.29, 0.717) is 11.1 Å². The molecule has 1 aromatic carbocycles. The summed E-state index contributed by atoms with van der Waals surface area (Å²) >= 11 is 0. The molecule has 0 bridgehead atoms. The average molecular weight is 379 g/mol. The van der Waals surface area contributed by atoms with E-state index in [4.69, 9.17) is 4.74 Å². The molecule has 0 unspecified atom stereocenters. The largest absolute Gasteiger partial charge is 0.444 e. The Morgan fingerprint density at radius 2 is 1.89 bits per heavy atom. The third-order valence-electron chi connectivity index (χ3n) is 3.86. The summed E-state index contributed by atoms with van der Waals surface area (Å²) in [5, 5.41) is 3.55. The lowest BCUT2D eigenvalue weighted by Crippen LogP contribution is -2.46. The Hall–Kier alpha value is -2.97. The predicted molar refractivity (Wildman–Crippen MR) is 93.3 cm³/mol. The molecule has 1 aliphatic rings. The highest BCUT2D eigenvalue weighted by Crippen LogP contribution is 2.37. The van der Waals surface area contributed by atoms with Gasteiger partial charge in [0.15, 0.2) is 5.82 Å². The first-order valence-electron chi connectivity index (χ1n) is 8.28. The molecule has 1 aliphatic heterocycles. The number of hydrogen-bond donors (Lipinski definition) is 1. The summed E-state index contributed by atoms with van der Waals surface area (Å²) in [6.45, 7) is 4.30. The van der Waals surface area contributed by atoms with Gasteiger partial charge < -0.3 is 4.74 Å². The van der Waals surface area contributed by atoms with E-state index in [0.717, 1.165) is 4.90 Å². The Morgan fingerprint density at radius 3 is 2.41 bits per heavy atom. The molecule has 0 radical (unpaired) electrons. The molecule has 0 aliphatic carbocycles. The predicted octanol–water partition coefficient (Wildman–Crippen LogP) is 3.30. The van der Waals surface area contributed by atoms with Gasteiger partial charge >= 0.3 is 11.8 Å². The van der Waals surface area contributed by atoms with E-state index in [9.17, 15) is 18.4 Å². The van der Waals surface area contributed by atoms with Crippen LogP contribution >= 0.6 is 0 Å². The fourth-order valence-corrected chi connectivity index (χ4v) is 2.70. The Morgan fingerprint density at radius 1 is 1.26 bits per heavy atom. The molecule has 7 nitrogen and oxygen atoms in total. The van der Waals surface area contributed by atoms with Gasteiger partial charge in [0, 0.05) is 17.7 Å². The van der Waals surface area contributed by atoms with Crippen molar-refractivity contribution in [3.05, 3.63) is 46.5 Å². The highest BCUT2D eigenvalue weighted by Gasteiger charge is 2.42. The molecule has 1 aromatic heterocycles. The zero-order valence-corrected chi connectivity index (χ0v) is 15.1. The number of hydrogen-bond acceptors (Lipinski definition) is 5. The summed E-state index contributed by atoms with van der Waals surface area (Å²) in [7, 11) is 0. The lowest BCUT2D eigenvalue weighted by Gasteiger charge is -2.34. The molecular formula is C18H19F2N3O4. The summed E-state index contributed by atoms with van der Waals surface area (Å²) in [5.74, 6) is -3.70. The van der Waals surface area contributed by atoms with Crippen molar-refractivity contribution in [2.24, 2.45) is 0 Å². The van der Waals surface area contributed by atoms with Gasteiger partial charge in [0.2, 0.25) is 0 Å². The first-order chi connectivity index (χ1) is 12.5. The maximum atomic E-state index is 14.6. The number of ether oxygens (including phenoxy) is 1. The molecule has 27 heavy (non-hydrogen) atoms. The van der Waals surface area contributed by atoms with Gasteiger partial charge in [-0.3, -0.25) is 14.4 Å². The number of nitrogens with one attached hydrogen (secondary N) is 1. The Bertz CT molecular complexity index is 923. The van der Waals surface area contributed by atoms with E-state index in [1.165, 1.54) is 18.2 Å². The molecule has 1 amide bonds. The third-order valence-corrected chi connectivity index (χ3v) is 3.86. The van der Waals surface area contributed by atoms with E-state index >= 15 is 0 Å². The van der Waals surface area contributed by atoms with Crippen LogP contribution in [0.3, 0.4) is 0 Å². The quantitative estimate of drug-likeness (QED) is 0.865. The minimum atomic E-state index is -3.22. The van der Waals surface area contributed by atoms with Crippen molar-refractivity contribution in [3.8, 4) is 11.4 Å². The minimum Gasteiger partial charge on any atom is -0.444 e. The number of alkyl halides is 2. The highest BCUT2D eigenvalue weighted by molar-refractivity contribution is 5.77. The van der Waals surface area contributed by atoms with E-state index < -0.39 is 29.9 Å². The molecule has 9 heteroatoms. The van der Waals surface area contributed by atoms with Crippen LogP contribution in [0.25, 0.3) is 17.0 Å². The number of halogens is 2. The molecule has 0 atom stereocenters. The zero-order valence-electron chi connectivity index (χ0n) is 15.1. The van der Waals surface area contributed by atoms with Crippen LogP contribution in [0.15, 0.2) is 39.7 Å². The summed E-state index contributed by atoms with van der Waals surface area (Å²) in [4.78, 5) is 26.4. The topological polar surface area (TPSA) is 88.4 Å². The lowest BCUT2D eigenvalue weighted by molar-refractivity contribution is -0.0105. The molecule has 2 heterocycles. The number of H-pyrrole nitrogens is 1. The molecule has 144 valence electrons. The molecular weight excluding hydrogens is 360 g/mol. The zero-order chi connectivity index (χ0) is 19.8. The first-order valence-corrected chi connectivity index (χ1v) is 8.28. The molecule has 0 saturated heterocycles. The third kappa shape index (κ3) is 4.24. The summed E-state index contributed by atoms with van der Waals surface area (Å²) in [5.41, 5.74) is -0.0745. The molecule has 0 fully saturated rings. The van der Waals surface area contributed by atoms with E-state index in [1.54, 1.807) is 32.9 Å². The van der Waals surface area contributed by atoms with E-state index in [-0.39, 0.29) is 17.9 Å². The second-order valence-electron chi connectivity index (χ2n) is 7.20. The number of nitrogens with zero attached hydrogens (tertiary/aromatic N) is 2. The normalized spacial score (nSPS) is 16.8. The Kier molecular flexibility index (Phi) is 4.63. The van der Waals surface area contributed by atoms with Crippen LogP contribution < -0.4 is 5.76 Å². The van der Waals surface area contributed by atoms with Gasteiger partial charge in [-0.15, -0.1) is 0 Å². The van der Waals surface area contributed by atoms with Crippen LogP contribution in [0.4, 0.5) is 13.6 Å². The second kappa shape index (κ2) is 6.64. The number of aromatic amines is 1. The lowest BCUT2D eigenvalue weighted by atomic mass is 9.95. The minimum absolute atomic E-state index is 0.0260. The van der Waals surface area contributed by atoms with Crippen molar-refractivity contribution in [2.75, 3.05) is 13.1 Å². The van der Waals surface area contributed by atoms with Gasteiger partial charge in [-0.2, -0.15) is 8.78 Å². The van der Waals surface area contributed by atoms with Gasteiger partial charge in [-0.25, -0.2) is 9.59 Å². The van der Waals surface area contributed by atoms with Gasteiger partial charge in [-0.05, 0) is 26.3 Å². The number of rotatable bonds is 2. The van der Waals surface area contributed by atoms with Gasteiger partial charge in [-0.1, -0.05) is 35.5 Å². The number of aromatic nitrogens is 2. The van der Waals surface area contributed by atoms with Crippen molar-refractivity contribution in [2.45, 2.75) is 32.3 Å². The number of amides is 1. The van der Waals surface area contributed by atoms with Gasteiger partial charge in [0.05, 0.1) is 6.54 Å². The maximum absolute atomic E-state index is 14.6. The van der Waals surface area contributed by atoms with E-state index in [2.05, 4.69) is 14.7 Å². The van der Waals surface area contributed by atoms with Crippen molar-refractivity contribution in [3.63, 3.8) is 0 Å². The molecule has 3 rings (SSSR count). The fraction of sp³-hybridized carbons (Fsp3) is 0.389. The number of carbonyl (C=O) groups is 1. The second-order valence-corrected chi connectivity index (χ2v) is 7.20. The van der Waals surface area contributed by atoms with Crippen LogP contribution in [-0.4, -0.2) is 45.7 Å². The van der Waals surface area contributed by atoms with Crippen LogP contribution in [-0.2, 0) is 4.74 Å². The van der Waals surface area contributed by atoms with E-state index in [1.807, 2.05) is 0 Å². The molecule has 0 spiro atoms. The van der Waals surface area contributed by atoms with Crippen molar-refractivity contribution in [1.29, 1.82) is 0 Å². The summed E-state index contributed by atoms with van der Waals surface area (Å²) in [6.07, 6.45) is 0.545. The monoisotopic (exact) mass is 379 g/mol. The van der Waals surface area contributed by atoms with Gasteiger partial charge in [0.25, 0.3) is 5.92 Å². The Labute approximate surface area is 153 Å². The SMILES string of the molecule is CC(C)(C)OC(=O)N1CC=C(c2ccc(-c3noc(=O)[nH]3)cc2)C(F)(F)C1. The average Bonchev–Trinajstić information content (AvgIpc) is 2.99.